The van der Waals surface area contributed by atoms with Crippen molar-refractivity contribution < 1.29 is 9.53 Å². The second kappa shape index (κ2) is 9.15. The summed E-state index contributed by atoms with van der Waals surface area (Å²) in [5.74, 6) is 0.682. The first-order valence-corrected chi connectivity index (χ1v) is 11.0. The average molecular weight is 450 g/mol. The number of ether oxygens (including phenoxy) is 1. The molecule has 7 heteroatoms. The van der Waals surface area contributed by atoms with Crippen molar-refractivity contribution in [1.82, 2.24) is 19.7 Å². The molecule has 0 radical (unpaired) electrons. The van der Waals surface area contributed by atoms with Crippen LogP contribution in [0.1, 0.15) is 28.5 Å². The molecule has 0 bridgehead atoms. The standard InChI is InChI=1S/C27H23N5O2/c1-2-34-27(33)19-12-13-24(29-17-19)32-15-14-22(26(32)28)25-21-11-7-6-10-20(21)23(30-31-25)16-18-8-4-3-5-9-18/h3-15,17H,2,16,28H2,1H3. The van der Waals surface area contributed by atoms with E-state index in [1.807, 2.05) is 48.7 Å². The van der Waals surface area contributed by atoms with Crippen LogP contribution in [0.3, 0.4) is 0 Å². The molecule has 0 atom stereocenters. The normalized spacial score (nSPS) is 11.0. The third kappa shape index (κ3) is 3.99. The lowest BCUT2D eigenvalue weighted by atomic mass is 10.0. The van der Waals surface area contributed by atoms with E-state index in [-0.39, 0.29) is 0 Å². The number of hydrogen-bond acceptors (Lipinski definition) is 6. The smallest absolute Gasteiger partial charge is 0.339 e. The second-order valence-electron chi connectivity index (χ2n) is 7.81. The van der Waals surface area contributed by atoms with Gasteiger partial charge in [-0.2, -0.15) is 5.10 Å². The molecule has 0 spiro atoms. The maximum atomic E-state index is 11.9. The number of carbonyl (C=O) groups is 1. The fourth-order valence-electron chi connectivity index (χ4n) is 3.99. The van der Waals surface area contributed by atoms with Gasteiger partial charge in [-0.05, 0) is 30.7 Å². The molecule has 0 saturated heterocycles. The van der Waals surface area contributed by atoms with E-state index < -0.39 is 5.97 Å². The van der Waals surface area contributed by atoms with Gasteiger partial charge in [0.05, 0.1) is 17.9 Å². The number of nitrogens with zero attached hydrogens (tertiary/aromatic N) is 4. The van der Waals surface area contributed by atoms with Gasteiger partial charge in [0.2, 0.25) is 0 Å². The van der Waals surface area contributed by atoms with Crippen LogP contribution in [0.4, 0.5) is 5.82 Å². The Balaban J connectivity index is 1.52. The summed E-state index contributed by atoms with van der Waals surface area (Å²) in [6, 6.07) is 23.6. The van der Waals surface area contributed by atoms with Crippen molar-refractivity contribution in [2.24, 2.45) is 0 Å². The van der Waals surface area contributed by atoms with Crippen LogP contribution >= 0.6 is 0 Å². The minimum absolute atomic E-state index is 0.313. The molecule has 34 heavy (non-hydrogen) atoms. The van der Waals surface area contributed by atoms with E-state index in [1.54, 1.807) is 23.6 Å². The molecule has 0 aliphatic rings. The van der Waals surface area contributed by atoms with E-state index in [1.165, 1.54) is 11.8 Å². The summed E-state index contributed by atoms with van der Waals surface area (Å²) < 4.78 is 6.78. The van der Waals surface area contributed by atoms with Gasteiger partial charge in [0.15, 0.2) is 0 Å². The van der Waals surface area contributed by atoms with Crippen molar-refractivity contribution in [2.75, 3.05) is 12.3 Å². The summed E-state index contributed by atoms with van der Waals surface area (Å²) in [4.78, 5) is 16.3. The van der Waals surface area contributed by atoms with Gasteiger partial charge in [-0.3, -0.25) is 4.57 Å². The summed E-state index contributed by atoms with van der Waals surface area (Å²) in [6.07, 6.45) is 4.02. The lowest BCUT2D eigenvalue weighted by molar-refractivity contribution is 0.0526. The Morgan fingerprint density at radius 3 is 2.44 bits per heavy atom. The van der Waals surface area contributed by atoms with Crippen molar-refractivity contribution in [3.63, 3.8) is 0 Å². The van der Waals surface area contributed by atoms with E-state index in [0.29, 0.717) is 35.9 Å². The van der Waals surface area contributed by atoms with Crippen LogP contribution in [-0.2, 0) is 11.2 Å². The largest absolute Gasteiger partial charge is 0.462 e. The van der Waals surface area contributed by atoms with Gasteiger partial charge in [0.1, 0.15) is 17.3 Å². The van der Waals surface area contributed by atoms with Crippen molar-refractivity contribution in [1.29, 1.82) is 0 Å². The number of carbonyl (C=O) groups excluding carboxylic acids is 1. The van der Waals surface area contributed by atoms with E-state index in [9.17, 15) is 4.79 Å². The molecule has 3 aromatic heterocycles. The van der Waals surface area contributed by atoms with Gasteiger partial charge in [-0.25, -0.2) is 9.78 Å². The lowest BCUT2D eigenvalue weighted by Gasteiger charge is -2.11. The number of nitrogens with two attached hydrogens (primary N) is 1. The fraction of sp³-hybridized carbons (Fsp3) is 0.111. The van der Waals surface area contributed by atoms with Gasteiger partial charge in [-0.15, -0.1) is 5.10 Å². The monoisotopic (exact) mass is 449 g/mol. The van der Waals surface area contributed by atoms with E-state index in [2.05, 4.69) is 33.4 Å². The molecule has 0 saturated carbocycles. The molecular formula is C27H23N5O2. The number of aromatic nitrogens is 4. The zero-order valence-corrected chi connectivity index (χ0v) is 18.7. The zero-order chi connectivity index (χ0) is 23.5. The SMILES string of the molecule is CCOC(=O)c1ccc(-n2ccc(-c3nnc(Cc4ccccc4)c4ccccc34)c2N)nc1. The number of anilines is 1. The quantitative estimate of drug-likeness (QED) is 0.373. The first-order valence-electron chi connectivity index (χ1n) is 11.0. The molecule has 0 fully saturated rings. The van der Waals surface area contributed by atoms with Crippen LogP contribution < -0.4 is 5.73 Å². The molecule has 168 valence electrons. The Kier molecular flexibility index (Phi) is 5.74. The first kappa shape index (κ1) is 21.3. The Morgan fingerprint density at radius 2 is 1.71 bits per heavy atom. The molecule has 2 N–H and O–H groups in total. The zero-order valence-electron chi connectivity index (χ0n) is 18.7. The molecule has 7 nitrogen and oxygen atoms in total. The number of nitrogen functional groups attached to an aromatic ring is 1. The third-order valence-corrected chi connectivity index (χ3v) is 5.66. The number of rotatable bonds is 6. The van der Waals surface area contributed by atoms with Crippen molar-refractivity contribution >= 4 is 22.6 Å². The van der Waals surface area contributed by atoms with Crippen molar-refractivity contribution in [3.05, 3.63) is 102 Å². The molecule has 2 aromatic carbocycles. The van der Waals surface area contributed by atoms with Crippen LogP contribution in [0, 0.1) is 0 Å². The Morgan fingerprint density at radius 1 is 0.941 bits per heavy atom. The summed E-state index contributed by atoms with van der Waals surface area (Å²) in [6.45, 7) is 2.08. The van der Waals surface area contributed by atoms with E-state index in [4.69, 9.17) is 10.5 Å². The molecule has 0 amide bonds. The highest BCUT2D eigenvalue weighted by atomic mass is 16.5. The summed E-state index contributed by atoms with van der Waals surface area (Å²) in [5, 5.41) is 11.2. The molecule has 5 aromatic rings. The highest BCUT2D eigenvalue weighted by Gasteiger charge is 2.17. The Bertz CT molecular complexity index is 1460. The Labute approximate surface area is 196 Å². The fourth-order valence-corrected chi connectivity index (χ4v) is 3.99. The highest BCUT2D eigenvalue weighted by Crippen LogP contribution is 2.33. The summed E-state index contributed by atoms with van der Waals surface area (Å²) in [5.41, 5.74) is 10.5. The third-order valence-electron chi connectivity index (χ3n) is 5.66. The Hall–Kier alpha value is -4.52. The predicted octanol–water partition coefficient (Wildman–Crippen LogP) is 4.83. The first-order chi connectivity index (χ1) is 16.7. The number of benzene rings is 2. The molecule has 3 heterocycles. The van der Waals surface area contributed by atoms with Crippen LogP contribution in [0.25, 0.3) is 27.8 Å². The van der Waals surface area contributed by atoms with Crippen molar-refractivity contribution in [2.45, 2.75) is 13.3 Å². The number of fused-ring (bicyclic) bond motifs is 1. The molecule has 0 aliphatic heterocycles. The van der Waals surface area contributed by atoms with Gasteiger partial charge in [0.25, 0.3) is 0 Å². The minimum Gasteiger partial charge on any atom is -0.462 e. The summed E-state index contributed by atoms with van der Waals surface area (Å²) >= 11 is 0. The number of hydrogen-bond donors (Lipinski definition) is 1. The molecular weight excluding hydrogens is 426 g/mol. The maximum absolute atomic E-state index is 11.9. The van der Waals surface area contributed by atoms with Gasteiger partial charge in [0, 0.05) is 35.2 Å². The van der Waals surface area contributed by atoms with Crippen LogP contribution in [-0.4, -0.2) is 32.3 Å². The molecule has 0 unspecified atom stereocenters. The van der Waals surface area contributed by atoms with Crippen LogP contribution in [0.15, 0.2) is 85.2 Å². The predicted molar refractivity (Wildman–Crippen MR) is 132 cm³/mol. The van der Waals surface area contributed by atoms with Crippen LogP contribution in [0.5, 0.6) is 0 Å². The number of esters is 1. The topological polar surface area (TPSA) is 95.9 Å². The van der Waals surface area contributed by atoms with E-state index in [0.717, 1.165) is 22.0 Å². The number of pyridine rings is 1. The minimum atomic E-state index is -0.403. The van der Waals surface area contributed by atoms with Crippen molar-refractivity contribution in [3.8, 4) is 17.1 Å². The van der Waals surface area contributed by atoms with E-state index >= 15 is 0 Å². The summed E-state index contributed by atoms with van der Waals surface area (Å²) in [7, 11) is 0. The van der Waals surface area contributed by atoms with Gasteiger partial charge >= 0.3 is 5.97 Å². The maximum Gasteiger partial charge on any atom is 0.339 e. The second-order valence-corrected chi connectivity index (χ2v) is 7.81. The highest BCUT2D eigenvalue weighted by molar-refractivity contribution is 5.98. The van der Waals surface area contributed by atoms with Crippen LogP contribution in [0.2, 0.25) is 0 Å². The molecule has 0 aliphatic carbocycles. The van der Waals surface area contributed by atoms with Gasteiger partial charge < -0.3 is 10.5 Å². The average Bonchev–Trinajstić information content (AvgIpc) is 3.26. The lowest BCUT2D eigenvalue weighted by Crippen LogP contribution is -2.07. The molecule has 5 rings (SSSR count). The van der Waals surface area contributed by atoms with Gasteiger partial charge in [-0.1, -0.05) is 54.6 Å².